The molecule has 1 rings (SSSR count). The molecule has 1 saturated heterocycles. The molecule has 0 aromatic heterocycles. The molecule has 0 saturated carbocycles. The van der Waals surface area contributed by atoms with E-state index in [1.165, 1.54) is 0 Å². The van der Waals surface area contributed by atoms with Crippen molar-refractivity contribution in [2.75, 3.05) is 38.6 Å². The molecule has 2 amide bonds. The van der Waals surface area contributed by atoms with Crippen LogP contribution in [-0.4, -0.2) is 55.3 Å². The van der Waals surface area contributed by atoms with E-state index in [1.54, 1.807) is 4.90 Å². The lowest BCUT2D eigenvalue weighted by Crippen LogP contribution is -2.51. The number of nitrogens with one attached hydrogen (secondary N) is 2. The van der Waals surface area contributed by atoms with E-state index in [9.17, 15) is 9.59 Å². The van der Waals surface area contributed by atoms with Gasteiger partial charge in [0.15, 0.2) is 0 Å². The molecule has 0 spiro atoms. The molecule has 0 radical (unpaired) electrons. The summed E-state index contributed by atoms with van der Waals surface area (Å²) in [4.78, 5) is 24.2. The van der Waals surface area contributed by atoms with E-state index < -0.39 is 11.8 Å². The fourth-order valence-electron chi connectivity index (χ4n) is 1.25. The molecule has 2 N–H and O–H groups in total. The first kappa shape index (κ1) is 11.3. The third-order valence-corrected chi connectivity index (χ3v) is 2.17. The SMILES string of the molecule is O=C(NCCCl)C(=O)N1CCNCC1. The fraction of sp³-hybridized carbons (Fsp3) is 0.750. The molecule has 0 atom stereocenters. The van der Waals surface area contributed by atoms with Gasteiger partial charge in [0.1, 0.15) is 0 Å². The van der Waals surface area contributed by atoms with Crippen molar-refractivity contribution in [3.8, 4) is 0 Å². The normalized spacial score (nSPS) is 16.5. The molecular formula is C8H14ClN3O2. The van der Waals surface area contributed by atoms with E-state index in [-0.39, 0.29) is 0 Å². The second kappa shape index (κ2) is 5.82. The Morgan fingerprint density at radius 3 is 2.57 bits per heavy atom. The van der Waals surface area contributed by atoms with Crippen molar-refractivity contribution in [3.63, 3.8) is 0 Å². The van der Waals surface area contributed by atoms with Crippen LogP contribution in [0.2, 0.25) is 0 Å². The van der Waals surface area contributed by atoms with E-state index in [0.29, 0.717) is 25.5 Å². The topological polar surface area (TPSA) is 61.4 Å². The highest BCUT2D eigenvalue weighted by molar-refractivity contribution is 6.35. The third-order valence-electron chi connectivity index (χ3n) is 1.98. The van der Waals surface area contributed by atoms with Crippen LogP contribution in [0.3, 0.4) is 0 Å². The number of amides is 2. The summed E-state index contributed by atoms with van der Waals surface area (Å²) in [6.07, 6.45) is 0. The van der Waals surface area contributed by atoms with E-state index in [4.69, 9.17) is 11.6 Å². The van der Waals surface area contributed by atoms with Crippen LogP contribution < -0.4 is 10.6 Å². The molecule has 6 heteroatoms. The average Bonchev–Trinajstić information content (AvgIpc) is 2.26. The molecule has 0 aromatic carbocycles. The van der Waals surface area contributed by atoms with Crippen LogP contribution in [0.25, 0.3) is 0 Å². The number of nitrogens with zero attached hydrogens (tertiary/aromatic N) is 1. The van der Waals surface area contributed by atoms with Crippen molar-refractivity contribution >= 4 is 23.4 Å². The van der Waals surface area contributed by atoms with Crippen molar-refractivity contribution in [1.29, 1.82) is 0 Å². The molecule has 1 heterocycles. The van der Waals surface area contributed by atoms with Crippen LogP contribution >= 0.6 is 11.6 Å². The van der Waals surface area contributed by atoms with E-state index in [0.717, 1.165) is 13.1 Å². The van der Waals surface area contributed by atoms with Crippen molar-refractivity contribution in [2.24, 2.45) is 0 Å². The minimum Gasteiger partial charge on any atom is -0.347 e. The van der Waals surface area contributed by atoms with Gasteiger partial charge in [0.25, 0.3) is 0 Å². The standard InChI is InChI=1S/C8H14ClN3O2/c9-1-2-11-7(13)8(14)12-5-3-10-4-6-12/h10H,1-6H2,(H,11,13). The minimum absolute atomic E-state index is 0.320. The molecule has 80 valence electrons. The van der Waals surface area contributed by atoms with Crippen LogP contribution in [-0.2, 0) is 9.59 Å². The van der Waals surface area contributed by atoms with Gasteiger partial charge in [0.05, 0.1) is 0 Å². The van der Waals surface area contributed by atoms with Gasteiger partial charge >= 0.3 is 11.8 Å². The number of alkyl halides is 1. The molecule has 5 nitrogen and oxygen atoms in total. The Balaban J connectivity index is 2.34. The van der Waals surface area contributed by atoms with Gasteiger partial charge in [-0.3, -0.25) is 9.59 Å². The summed E-state index contributed by atoms with van der Waals surface area (Å²) in [6.45, 7) is 3.00. The zero-order valence-corrected chi connectivity index (χ0v) is 8.64. The fourth-order valence-corrected chi connectivity index (χ4v) is 1.34. The van der Waals surface area contributed by atoms with Gasteiger partial charge in [0.2, 0.25) is 0 Å². The Morgan fingerprint density at radius 2 is 2.00 bits per heavy atom. The Labute approximate surface area is 87.8 Å². The van der Waals surface area contributed by atoms with Crippen LogP contribution in [0.1, 0.15) is 0 Å². The van der Waals surface area contributed by atoms with Gasteiger partial charge in [-0.2, -0.15) is 0 Å². The maximum absolute atomic E-state index is 11.4. The van der Waals surface area contributed by atoms with Crippen molar-refractivity contribution < 1.29 is 9.59 Å². The average molecular weight is 220 g/mol. The predicted octanol–water partition coefficient (Wildman–Crippen LogP) is -1.23. The van der Waals surface area contributed by atoms with Crippen LogP contribution in [0, 0.1) is 0 Å². The number of hydrogen-bond donors (Lipinski definition) is 2. The van der Waals surface area contributed by atoms with Crippen molar-refractivity contribution in [3.05, 3.63) is 0 Å². The lowest BCUT2D eigenvalue weighted by molar-refractivity contribution is -0.146. The highest BCUT2D eigenvalue weighted by atomic mass is 35.5. The summed E-state index contributed by atoms with van der Waals surface area (Å²) in [5.74, 6) is -0.704. The number of halogens is 1. The summed E-state index contributed by atoms with van der Waals surface area (Å²) in [6, 6.07) is 0. The lowest BCUT2D eigenvalue weighted by Gasteiger charge is -2.26. The Morgan fingerprint density at radius 1 is 1.36 bits per heavy atom. The molecular weight excluding hydrogens is 206 g/mol. The Hall–Kier alpha value is -0.810. The number of piperazine rings is 1. The predicted molar refractivity (Wildman–Crippen MR) is 53.2 cm³/mol. The highest BCUT2D eigenvalue weighted by Crippen LogP contribution is 1.93. The van der Waals surface area contributed by atoms with E-state index >= 15 is 0 Å². The monoisotopic (exact) mass is 219 g/mol. The third kappa shape index (κ3) is 3.16. The molecule has 0 aromatic rings. The van der Waals surface area contributed by atoms with Gasteiger partial charge < -0.3 is 15.5 Å². The first-order chi connectivity index (χ1) is 6.75. The van der Waals surface area contributed by atoms with Gasteiger partial charge in [-0.25, -0.2) is 0 Å². The smallest absolute Gasteiger partial charge is 0.311 e. The first-order valence-electron chi connectivity index (χ1n) is 4.59. The number of carbonyl (C=O) groups is 2. The van der Waals surface area contributed by atoms with E-state index in [2.05, 4.69) is 10.6 Å². The van der Waals surface area contributed by atoms with Crippen molar-refractivity contribution in [1.82, 2.24) is 15.5 Å². The zero-order valence-electron chi connectivity index (χ0n) is 7.88. The zero-order chi connectivity index (χ0) is 10.4. The number of hydrogen-bond acceptors (Lipinski definition) is 3. The Bertz CT molecular complexity index is 217. The number of rotatable bonds is 2. The largest absolute Gasteiger partial charge is 0.347 e. The van der Waals surface area contributed by atoms with E-state index in [1.807, 2.05) is 0 Å². The molecule has 1 aliphatic rings. The van der Waals surface area contributed by atoms with Crippen LogP contribution in [0.15, 0.2) is 0 Å². The second-order valence-corrected chi connectivity index (χ2v) is 3.37. The molecule has 1 aliphatic heterocycles. The van der Waals surface area contributed by atoms with Crippen LogP contribution in [0.4, 0.5) is 0 Å². The summed E-state index contributed by atoms with van der Waals surface area (Å²) >= 11 is 5.39. The number of carbonyl (C=O) groups excluding carboxylic acids is 2. The quantitative estimate of drug-likeness (QED) is 0.452. The molecule has 0 bridgehead atoms. The maximum Gasteiger partial charge on any atom is 0.311 e. The second-order valence-electron chi connectivity index (χ2n) is 2.99. The molecule has 0 unspecified atom stereocenters. The van der Waals surface area contributed by atoms with Gasteiger partial charge in [-0.05, 0) is 0 Å². The summed E-state index contributed by atoms with van der Waals surface area (Å²) in [5, 5.41) is 5.55. The Kier molecular flexibility index (Phi) is 4.69. The lowest BCUT2D eigenvalue weighted by atomic mass is 10.3. The molecule has 1 fully saturated rings. The molecule has 14 heavy (non-hydrogen) atoms. The van der Waals surface area contributed by atoms with Crippen LogP contribution in [0.5, 0.6) is 0 Å². The molecule has 0 aliphatic carbocycles. The summed E-state index contributed by atoms with van der Waals surface area (Å²) < 4.78 is 0. The van der Waals surface area contributed by atoms with Gasteiger partial charge in [-0.15, -0.1) is 11.6 Å². The van der Waals surface area contributed by atoms with Gasteiger partial charge in [0, 0.05) is 38.6 Å². The maximum atomic E-state index is 11.4. The van der Waals surface area contributed by atoms with Gasteiger partial charge in [-0.1, -0.05) is 0 Å². The summed E-state index contributed by atoms with van der Waals surface area (Å²) in [5.41, 5.74) is 0. The summed E-state index contributed by atoms with van der Waals surface area (Å²) in [7, 11) is 0. The minimum atomic E-state index is -0.562. The first-order valence-corrected chi connectivity index (χ1v) is 5.13. The van der Waals surface area contributed by atoms with Crippen molar-refractivity contribution in [2.45, 2.75) is 0 Å². The highest BCUT2D eigenvalue weighted by Gasteiger charge is 2.22.